The molecule has 0 aliphatic carbocycles. The van der Waals surface area contributed by atoms with Crippen LogP contribution in [0.25, 0.3) is 0 Å². The van der Waals surface area contributed by atoms with Crippen molar-refractivity contribution in [3.63, 3.8) is 0 Å². The van der Waals surface area contributed by atoms with Crippen molar-refractivity contribution in [2.45, 2.75) is 19.6 Å². The minimum atomic E-state index is -0.343. The van der Waals surface area contributed by atoms with Gasteiger partial charge in [-0.05, 0) is 25.1 Å². The standard InChI is InChI=1S/C16H20N4O3/c1-2-22-16(21)13-4-5-15(17-10-13)19-8-9-23-14(11-19)12-20-7-3-6-18-20/h3-7,10,14H,2,8-9,11-12H2,1H3. The molecule has 3 rings (SSSR count). The number of carbonyl (C=O) groups is 1. The zero-order valence-corrected chi connectivity index (χ0v) is 13.1. The molecule has 1 fully saturated rings. The average molecular weight is 316 g/mol. The molecule has 1 aliphatic rings. The van der Waals surface area contributed by atoms with Crippen molar-refractivity contribution in [3.8, 4) is 0 Å². The Labute approximate surface area is 134 Å². The molecule has 0 radical (unpaired) electrons. The number of carbonyl (C=O) groups excluding carboxylic acids is 1. The topological polar surface area (TPSA) is 69.5 Å². The van der Waals surface area contributed by atoms with Crippen LogP contribution in [0.3, 0.4) is 0 Å². The Kier molecular flexibility index (Phi) is 4.87. The maximum Gasteiger partial charge on any atom is 0.339 e. The summed E-state index contributed by atoms with van der Waals surface area (Å²) in [4.78, 5) is 18.2. The highest BCUT2D eigenvalue weighted by Gasteiger charge is 2.22. The van der Waals surface area contributed by atoms with Gasteiger partial charge in [0.1, 0.15) is 5.82 Å². The summed E-state index contributed by atoms with van der Waals surface area (Å²) < 4.78 is 12.6. The van der Waals surface area contributed by atoms with Crippen LogP contribution in [-0.2, 0) is 16.0 Å². The summed E-state index contributed by atoms with van der Waals surface area (Å²) in [6.07, 6.45) is 5.31. The Bertz CT molecular complexity index is 627. The van der Waals surface area contributed by atoms with Crippen molar-refractivity contribution < 1.29 is 14.3 Å². The summed E-state index contributed by atoms with van der Waals surface area (Å²) >= 11 is 0. The Morgan fingerprint density at radius 2 is 2.39 bits per heavy atom. The van der Waals surface area contributed by atoms with Gasteiger partial charge in [0.05, 0.1) is 31.4 Å². The largest absolute Gasteiger partial charge is 0.462 e. The number of ether oxygens (including phenoxy) is 2. The number of hydrogen-bond donors (Lipinski definition) is 0. The van der Waals surface area contributed by atoms with E-state index in [1.54, 1.807) is 25.4 Å². The fraction of sp³-hybridized carbons (Fsp3) is 0.438. The van der Waals surface area contributed by atoms with Gasteiger partial charge in [-0.25, -0.2) is 9.78 Å². The molecule has 0 N–H and O–H groups in total. The number of pyridine rings is 1. The number of anilines is 1. The third-order valence-electron chi connectivity index (χ3n) is 3.67. The van der Waals surface area contributed by atoms with E-state index in [4.69, 9.17) is 9.47 Å². The van der Waals surface area contributed by atoms with Gasteiger partial charge < -0.3 is 14.4 Å². The molecule has 2 aromatic heterocycles. The molecule has 1 atom stereocenters. The molecule has 122 valence electrons. The van der Waals surface area contributed by atoms with E-state index in [2.05, 4.69) is 15.0 Å². The maximum atomic E-state index is 11.7. The molecule has 7 heteroatoms. The predicted octanol–water partition coefficient (Wildman–Crippen LogP) is 1.36. The van der Waals surface area contributed by atoms with Crippen LogP contribution in [0.4, 0.5) is 5.82 Å². The summed E-state index contributed by atoms with van der Waals surface area (Å²) in [5, 5.41) is 4.21. The first-order valence-electron chi connectivity index (χ1n) is 7.73. The number of nitrogens with zero attached hydrogens (tertiary/aromatic N) is 4. The molecule has 1 unspecified atom stereocenters. The number of aromatic nitrogens is 3. The summed E-state index contributed by atoms with van der Waals surface area (Å²) in [7, 11) is 0. The van der Waals surface area contributed by atoms with Gasteiger partial charge in [0.25, 0.3) is 0 Å². The Morgan fingerprint density at radius 3 is 3.09 bits per heavy atom. The molecule has 7 nitrogen and oxygen atoms in total. The molecule has 0 amide bonds. The minimum Gasteiger partial charge on any atom is -0.462 e. The molecule has 0 saturated carbocycles. The quantitative estimate of drug-likeness (QED) is 0.776. The number of rotatable bonds is 5. The summed E-state index contributed by atoms with van der Waals surface area (Å²) in [5.41, 5.74) is 0.469. The lowest BCUT2D eigenvalue weighted by Crippen LogP contribution is -2.44. The fourth-order valence-corrected chi connectivity index (χ4v) is 2.56. The van der Waals surface area contributed by atoms with E-state index >= 15 is 0 Å². The highest BCUT2D eigenvalue weighted by Crippen LogP contribution is 2.16. The summed E-state index contributed by atoms with van der Waals surface area (Å²) in [6, 6.07) is 5.50. The maximum absolute atomic E-state index is 11.7. The summed E-state index contributed by atoms with van der Waals surface area (Å²) in [5.74, 6) is 0.497. The second-order valence-electron chi connectivity index (χ2n) is 5.29. The molecule has 0 aromatic carbocycles. The zero-order chi connectivity index (χ0) is 16.1. The Balaban J connectivity index is 1.63. The first-order valence-corrected chi connectivity index (χ1v) is 7.73. The van der Waals surface area contributed by atoms with E-state index in [1.165, 1.54) is 0 Å². The van der Waals surface area contributed by atoms with Crippen molar-refractivity contribution in [1.29, 1.82) is 0 Å². The third-order valence-corrected chi connectivity index (χ3v) is 3.67. The molecule has 0 bridgehead atoms. The van der Waals surface area contributed by atoms with Crippen LogP contribution in [0.1, 0.15) is 17.3 Å². The Hall–Kier alpha value is -2.41. The second-order valence-corrected chi connectivity index (χ2v) is 5.29. The summed E-state index contributed by atoms with van der Waals surface area (Å²) in [6.45, 7) is 5.02. The van der Waals surface area contributed by atoms with Crippen LogP contribution in [0, 0.1) is 0 Å². The van der Waals surface area contributed by atoms with Gasteiger partial charge in [-0.3, -0.25) is 4.68 Å². The van der Waals surface area contributed by atoms with Gasteiger partial charge in [0.2, 0.25) is 0 Å². The van der Waals surface area contributed by atoms with Gasteiger partial charge >= 0.3 is 5.97 Å². The number of esters is 1. The lowest BCUT2D eigenvalue weighted by atomic mass is 10.2. The van der Waals surface area contributed by atoms with Crippen LogP contribution in [0.2, 0.25) is 0 Å². The van der Waals surface area contributed by atoms with Gasteiger partial charge in [0, 0.05) is 31.7 Å². The lowest BCUT2D eigenvalue weighted by molar-refractivity contribution is 0.0271. The van der Waals surface area contributed by atoms with Gasteiger partial charge in [-0.15, -0.1) is 0 Å². The molecule has 1 aliphatic heterocycles. The highest BCUT2D eigenvalue weighted by atomic mass is 16.5. The molecule has 3 heterocycles. The van der Waals surface area contributed by atoms with Crippen LogP contribution in [0.15, 0.2) is 36.8 Å². The van der Waals surface area contributed by atoms with Gasteiger partial charge in [-0.1, -0.05) is 0 Å². The van der Waals surface area contributed by atoms with E-state index in [9.17, 15) is 4.79 Å². The zero-order valence-electron chi connectivity index (χ0n) is 13.1. The van der Waals surface area contributed by atoms with Crippen LogP contribution >= 0.6 is 0 Å². The normalized spacial score (nSPS) is 18.0. The molecular formula is C16H20N4O3. The van der Waals surface area contributed by atoms with Crippen molar-refractivity contribution in [3.05, 3.63) is 42.4 Å². The first kappa shape index (κ1) is 15.5. The molecule has 1 saturated heterocycles. The van der Waals surface area contributed by atoms with Crippen molar-refractivity contribution >= 4 is 11.8 Å². The monoisotopic (exact) mass is 316 g/mol. The molecular weight excluding hydrogens is 296 g/mol. The number of morpholine rings is 1. The molecule has 2 aromatic rings. The second kappa shape index (κ2) is 7.23. The fourth-order valence-electron chi connectivity index (χ4n) is 2.56. The first-order chi connectivity index (χ1) is 11.3. The average Bonchev–Trinajstić information content (AvgIpc) is 3.08. The predicted molar refractivity (Wildman–Crippen MR) is 84.4 cm³/mol. The van der Waals surface area contributed by atoms with E-state index in [1.807, 2.05) is 23.0 Å². The van der Waals surface area contributed by atoms with Crippen LogP contribution in [0.5, 0.6) is 0 Å². The smallest absolute Gasteiger partial charge is 0.339 e. The number of hydrogen-bond acceptors (Lipinski definition) is 6. The van der Waals surface area contributed by atoms with Gasteiger partial charge in [0.15, 0.2) is 0 Å². The van der Waals surface area contributed by atoms with Crippen molar-refractivity contribution in [2.24, 2.45) is 0 Å². The van der Waals surface area contributed by atoms with Crippen LogP contribution < -0.4 is 4.90 Å². The Morgan fingerprint density at radius 1 is 1.48 bits per heavy atom. The highest BCUT2D eigenvalue weighted by molar-refractivity contribution is 5.89. The molecule has 23 heavy (non-hydrogen) atoms. The van der Waals surface area contributed by atoms with E-state index < -0.39 is 0 Å². The van der Waals surface area contributed by atoms with Crippen LogP contribution in [-0.4, -0.2) is 53.1 Å². The van der Waals surface area contributed by atoms with Gasteiger partial charge in [-0.2, -0.15) is 5.10 Å². The van der Waals surface area contributed by atoms with E-state index in [0.717, 1.165) is 18.9 Å². The molecule has 0 spiro atoms. The van der Waals surface area contributed by atoms with Crippen molar-refractivity contribution in [2.75, 3.05) is 31.2 Å². The SMILES string of the molecule is CCOC(=O)c1ccc(N2CCOC(Cn3cccn3)C2)nc1. The minimum absolute atomic E-state index is 0.0650. The third kappa shape index (κ3) is 3.87. The van der Waals surface area contributed by atoms with E-state index in [-0.39, 0.29) is 12.1 Å². The van der Waals surface area contributed by atoms with Crippen molar-refractivity contribution in [1.82, 2.24) is 14.8 Å². The van der Waals surface area contributed by atoms with E-state index in [0.29, 0.717) is 25.3 Å². The lowest BCUT2D eigenvalue weighted by Gasteiger charge is -2.33.